The van der Waals surface area contributed by atoms with E-state index in [1.165, 1.54) is 38.5 Å². The van der Waals surface area contributed by atoms with Crippen LogP contribution in [0.4, 0.5) is 0 Å². The van der Waals surface area contributed by atoms with Crippen molar-refractivity contribution in [1.82, 2.24) is 0 Å². The van der Waals surface area contributed by atoms with E-state index in [-0.39, 0.29) is 17.9 Å². The molecule has 2 aliphatic heterocycles. The van der Waals surface area contributed by atoms with Gasteiger partial charge in [0.2, 0.25) is 0 Å². The first-order valence-corrected chi connectivity index (χ1v) is 10.7. The number of methoxy groups -OCH3 is 2. The average molecular weight is 502 g/mol. The third-order valence-corrected chi connectivity index (χ3v) is 5.69. The Bertz CT molecular complexity index is 890. The first-order chi connectivity index (χ1) is 16.6. The third kappa shape index (κ3) is 6.27. The quantitative estimate of drug-likeness (QED) is 0.131. The van der Waals surface area contributed by atoms with Gasteiger partial charge in [0.25, 0.3) is 0 Å². The van der Waals surface area contributed by atoms with Gasteiger partial charge < -0.3 is 59.1 Å². The normalized spacial score (nSPS) is 35.4. The van der Waals surface area contributed by atoms with Gasteiger partial charge in [-0.25, -0.2) is 4.79 Å². The van der Waals surface area contributed by atoms with E-state index < -0.39 is 68.1 Å². The van der Waals surface area contributed by atoms with E-state index in [9.17, 15) is 35.4 Å². The van der Waals surface area contributed by atoms with Gasteiger partial charge in [-0.3, -0.25) is 0 Å². The predicted molar refractivity (Wildman–Crippen MR) is 115 cm³/mol. The fraction of sp³-hybridized carbons (Fsp3) is 0.591. The van der Waals surface area contributed by atoms with Crippen molar-refractivity contribution >= 4 is 12.0 Å². The molecule has 13 nitrogen and oxygen atoms in total. The van der Waals surface area contributed by atoms with Crippen LogP contribution < -0.4 is 0 Å². The van der Waals surface area contributed by atoms with Gasteiger partial charge in [-0.05, 0) is 23.8 Å². The molecule has 0 aliphatic carbocycles. The number of rotatable bonds is 9. The molecule has 0 bridgehead atoms. The van der Waals surface area contributed by atoms with Gasteiger partial charge in [-0.2, -0.15) is 0 Å². The molecule has 1 aromatic rings. The van der Waals surface area contributed by atoms with Crippen LogP contribution in [0, 0.1) is 0 Å². The molecule has 8 atom stereocenters. The highest BCUT2D eigenvalue weighted by atomic mass is 16.8. The van der Waals surface area contributed by atoms with Crippen molar-refractivity contribution < 1.29 is 63.9 Å². The number of aliphatic hydroxyl groups is 4. The molecule has 0 unspecified atom stereocenters. The van der Waals surface area contributed by atoms with Crippen LogP contribution in [0.5, 0.6) is 11.5 Å². The Kier molecular flexibility index (Phi) is 9.04. The maximum absolute atomic E-state index is 12.2. The van der Waals surface area contributed by atoms with Gasteiger partial charge in [0.1, 0.15) is 23.9 Å². The van der Waals surface area contributed by atoms with Crippen LogP contribution >= 0.6 is 0 Å². The molecule has 0 saturated carbocycles. The molecule has 13 heteroatoms. The molecule has 0 aromatic heterocycles. The highest BCUT2D eigenvalue weighted by molar-refractivity contribution is 5.87. The summed E-state index contributed by atoms with van der Waals surface area (Å²) < 4.78 is 31.7. The number of ether oxygens (including phenoxy) is 6. The second-order valence-electron chi connectivity index (χ2n) is 8.18. The minimum absolute atomic E-state index is 0.00217. The number of aromatic hydroxyl groups is 2. The maximum Gasteiger partial charge on any atom is 0.331 e. The molecule has 0 amide bonds. The van der Waals surface area contributed by atoms with Crippen LogP contribution in [0.3, 0.4) is 0 Å². The van der Waals surface area contributed by atoms with Crippen molar-refractivity contribution in [1.29, 1.82) is 0 Å². The molecule has 2 heterocycles. The molecule has 35 heavy (non-hydrogen) atoms. The van der Waals surface area contributed by atoms with Crippen molar-refractivity contribution in [2.24, 2.45) is 0 Å². The molecule has 2 aliphatic rings. The number of phenols is 2. The number of benzene rings is 1. The van der Waals surface area contributed by atoms with E-state index in [2.05, 4.69) is 0 Å². The van der Waals surface area contributed by atoms with Gasteiger partial charge in [-0.1, -0.05) is 6.07 Å². The summed E-state index contributed by atoms with van der Waals surface area (Å²) in [7, 11) is 2.72. The fourth-order valence-corrected chi connectivity index (χ4v) is 3.78. The maximum atomic E-state index is 12.2. The summed E-state index contributed by atoms with van der Waals surface area (Å²) in [6, 6.07) is 3.88. The largest absolute Gasteiger partial charge is 0.504 e. The number of hydrogen-bond donors (Lipinski definition) is 6. The molecule has 2 fully saturated rings. The van der Waals surface area contributed by atoms with E-state index in [4.69, 9.17) is 28.4 Å². The third-order valence-electron chi connectivity index (χ3n) is 5.69. The van der Waals surface area contributed by atoms with Gasteiger partial charge in [0.15, 0.2) is 36.5 Å². The van der Waals surface area contributed by atoms with Crippen LogP contribution in [0.2, 0.25) is 0 Å². The summed E-state index contributed by atoms with van der Waals surface area (Å²) in [5, 5.41) is 60.3. The van der Waals surface area contributed by atoms with Crippen LogP contribution in [0.25, 0.3) is 6.08 Å². The molecule has 0 radical (unpaired) electrons. The summed E-state index contributed by atoms with van der Waals surface area (Å²) >= 11 is 0. The summed E-state index contributed by atoms with van der Waals surface area (Å²) in [5.74, 6) is -1.64. The lowest BCUT2D eigenvalue weighted by atomic mass is 9.98. The Morgan fingerprint density at radius 2 is 1.89 bits per heavy atom. The number of carbonyl (C=O) groups is 1. The lowest BCUT2D eigenvalue weighted by Gasteiger charge is -2.42. The van der Waals surface area contributed by atoms with Gasteiger partial charge >= 0.3 is 5.97 Å². The Morgan fingerprint density at radius 1 is 1.14 bits per heavy atom. The van der Waals surface area contributed by atoms with E-state index >= 15 is 0 Å². The first kappa shape index (κ1) is 27.3. The highest BCUT2D eigenvalue weighted by Crippen LogP contribution is 2.33. The molecule has 3 rings (SSSR count). The lowest BCUT2D eigenvalue weighted by molar-refractivity contribution is -0.316. The molecular formula is C22H30O13. The fourth-order valence-electron chi connectivity index (χ4n) is 3.78. The number of aliphatic hydroxyl groups excluding tert-OH is 3. The highest BCUT2D eigenvalue weighted by Gasteiger charge is 2.51. The van der Waals surface area contributed by atoms with Crippen LogP contribution in [-0.2, 0) is 33.2 Å². The molecular weight excluding hydrogens is 472 g/mol. The molecule has 0 spiro atoms. The Labute approximate surface area is 200 Å². The smallest absolute Gasteiger partial charge is 0.331 e. The Morgan fingerprint density at radius 3 is 2.51 bits per heavy atom. The van der Waals surface area contributed by atoms with Crippen molar-refractivity contribution in [3.63, 3.8) is 0 Å². The van der Waals surface area contributed by atoms with E-state index in [1.54, 1.807) is 0 Å². The molecule has 6 N–H and O–H groups in total. The van der Waals surface area contributed by atoms with Crippen LogP contribution in [0.1, 0.15) is 12.0 Å². The van der Waals surface area contributed by atoms with Crippen LogP contribution in [-0.4, -0.2) is 113 Å². The Balaban J connectivity index is 1.61. The molecule has 196 valence electrons. The number of phenolic OH excluding ortho intramolecular Hbond substituents is 2. The summed E-state index contributed by atoms with van der Waals surface area (Å²) in [5.41, 5.74) is -1.27. The van der Waals surface area contributed by atoms with Crippen molar-refractivity contribution in [3.05, 3.63) is 29.8 Å². The number of carbonyl (C=O) groups excluding carboxylic acids is 1. The minimum atomic E-state index is -1.70. The van der Waals surface area contributed by atoms with E-state index in [1.807, 2.05) is 0 Å². The number of esters is 1. The molecule has 2 saturated heterocycles. The summed E-state index contributed by atoms with van der Waals surface area (Å²) in [4.78, 5) is 12.2. The van der Waals surface area contributed by atoms with Gasteiger partial charge in [-0.15, -0.1) is 0 Å². The molecule has 1 aromatic carbocycles. The van der Waals surface area contributed by atoms with Crippen LogP contribution in [0.15, 0.2) is 24.3 Å². The van der Waals surface area contributed by atoms with Crippen molar-refractivity contribution in [2.75, 3.05) is 27.4 Å². The second-order valence-corrected chi connectivity index (χ2v) is 8.18. The Hall–Kier alpha value is -2.33. The standard InChI is InChI=1S/C22H30O13/c1-30-16-8-22(29,21(31-2)35-16)10-32-20-18(28)17(27)19(14(9-23)33-20)34-15(26)6-4-11-3-5-12(24)13(25)7-11/h3-7,14,16-21,23-25,27-29H,8-10H2,1-2H3/b6-4+/t14-,16+,17+,18-,19-,20-,21-,22+/m1/s1. The lowest BCUT2D eigenvalue weighted by Crippen LogP contribution is -2.61. The van der Waals surface area contributed by atoms with Crippen molar-refractivity contribution in [2.45, 2.75) is 55.3 Å². The topological polar surface area (TPSA) is 194 Å². The van der Waals surface area contributed by atoms with E-state index in [0.717, 1.165) is 6.08 Å². The predicted octanol–water partition coefficient (Wildman–Crippen LogP) is -1.43. The van der Waals surface area contributed by atoms with Gasteiger partial charge in [0.05, 0.1) is 13.2 Å². The monoisotopic (exact) mass is 502 g/mol. The average Bonchev–Trinajstić information content (AvgIpc) is 3.18. The summed E-state index contributed by atoms with van der Waals surface area (Å²) in [6.45, 7) is -1.11. The van der Waals surface area contributed by atoms with E-state index in [0.29, 0.717) is 5.56 Å². The SMILES string of the molecule is CO[C@@H]1C[C@](O)(CO[C@@H]2O[C@H](CO)[C@@H](OC(=O)/C=C/c3ccc(O)c(O)c3)[C@@H](O)[C@H]2O)[C@H](OC)O1. The first-order valence-electron chi connectivity index (χ1n) is 10.7. The minimum Gasteiger partial charge on any atom is -0.504 e. The number of hydrogen-bond acceptors (Lipinski definition) is 13. The zero-order chi connectivity index (χ0) is 25.8. The zero-order valence-electron chi connectivity index (χ0n) is 19.1. The van der Waals surface area contributed by atoms with Gasteiger partial charge in [0, 0.05) is 26.7 Å². The second kappa shape index (κ2) is 11.6. The van der Waals surface area contributed by atoms with Crippen molar-refractivity contribution in [3.8, 4) is 11.5 Å². The summed E-state index contributed by atoms with van der Waals surface area (Å²) in [6.07, 6.45) is -7.11. The zero-order valence-corrected chi connectivity index (χ0v) is 19.1.